The molecule has 186 valence electrons. The van der Waals surface area contributed by atoms with Gasteiger partial charge in [-0.1, -0.05) is 17.7 Å². The lowest BCUT2D eigenvalue weighted by atomic mass is 10.1. The van der Waals surface area contributed by atoms with Crippen LogP contribution in [0.25, 0.3) is 10.9 Å². The zero-order valence-corrected chi connectivity index (χ0v) is 20.9. The molecule has 1 aliphatic rings. The summed E-state index contributed by atoms with van der Waals surface area (Å²) in [6.07, 6.45) is 0.639. The third-order valence-corrected chi connectivity index (χ3v) is 6.64. The van der Waals surface area contributed by atoms with Gasteiger partial charge in [-0.2, -0.15) is 0 Å². The second-order valence-electron chi connectivity index (χ2n) is 8.54. The number of aryl methyl sites for hydroxylation is 1. The van der Waals surface area contributed by atoms with E-state index in [4.69, 9.17) is 21.1 Å². The zero-order chi connectivity index (χ0) is 25.1. The largest absolute Gasteiger partial charge is 0.493 e. The lowest BCUT2D eigenvalue weighted by molar-refractivity contribution is -0.131. The Morgan fingerprint density at radius 3 is 2.40 bits per heavy atom. The van der Waals surface area contributed by atoms with E-state index in [1.807, 2.05) is 30.0 Å². The number of halogens is 1. The maximum atomic E-state index is 13.0. The van der Waals surface area contributed by atoms with Crippen LogP contribution in [-0.4, -0.2) is 60.8 Å². The number of benzene rings is 2. The Morgan fingerprint density at radius 2 is 1.71 bits per heavy atom. The first kappa shape index (κ1) is 24.7. The number of rotatable bonds is 7. The van der Waals surface area contributed by atoms with E-state index in [1.165, 1.54) is 14.2 Å². The molecule has 1 fully saturated rings. The van der Waals surface area contributed by atoms with Gasteiger partial charge in [-0.25, -0.2) is 4.79 Å². The van der Waals surface area contributed by atoms with Crippen LogP contribution in [0.2, 0.25) is 5.02 Å². The van der Waals surface area contributed by atoms with Gasteiger partial charge in [0.2, 0.25) is 5.91 Å². The van der Waals surface area contributed by atoms with Gasteiger partial charge < -0.3 is 24.3 Å². The van der Waals surface area contributed by atoms with Crippen molar-refractivity contribution >= 4 is 34.1 Å². The lowest BCUT2D eigenvalue weighted by Crippen LogP contribution is -2.49. The number of H-pyrrole nitrogens is 1. The number of aromatic amines is 1. The molecule has 0 aliphatic carbocycles. The molecule has 9 nitrogen and oxygen atoms in total. The minimum absolute atomic E-state index is 0.0177. The number of nitrogens with zero attached hydrogens (tertiary/aromatic N) is 3. The van der Waals surface area contributed by atoms with Crippen LogP contribution in [0, 0.1) is 6.92 Å². The summed E-state index contributed by atoms with van der Waals surface area (Å²) < 4.78 is 11.6. The van der Waals surface area contributed by atoms with Crippen molar-refractivity contribution in [3.8, 4) is 11.5 Å². The molecule has 0 bridgehead atoms. The Hall–Kier alpha value is -3.46. The quantitative estimate of drug-likeness (QED) is 0.536. The van der Waals surface area contributed by atoms with Crippen molar-refractivity contribution < 1.29 is 14.3 Å². The highest BCUT2D eigenvalue weighted by Crippen LogP contribution is 2.29. The van der Waals surface area contributed by atoms with Crippen LogP contribution in [0.5, 0.6) is 11.5 Å². The van der Waals surface area contributed by atoms with Crippen LogP contribution >= 0.6 is 11.6 Å². The molecule has 0 atom stereocenters. The third-order valence-electron chi connectivity index (χ3n) is 6.40. The number of methoxy groups -OCH3 is 2. The summed E-state index contributed by atoms with van der Waals surface area (Å²) in [6.45, 7) is 4.87. The highest BCUT2D eigenvalue weighted by atomic mass is 35.5. The Labute approximate surface area is 207 Å². The second-order valence-corrected chi connectivity index (χ2v) is 8.98. The Kier molecular flexibility index (Phi) is 7.35. The van der Waals surface area contributed by atoms with Crippen LogP contribution in [0.4, 0.5) is 5.69 Å². The average Bonchev–Trinajstić information content (AvgIpc) is 2.86. The Balaban J connectivity index is 1.38. The minimum Gasteiger partial charge on any atom is -0.493 e. The van der Waals surface area contributed by atoms with Gasteiger partial charge >= 0.3 is 5.69 Å². The number of aromatic nitrogens is 2. The summed E-state index contributed by atoms with van der Waals surface area (Å²) in [4.78, 5) is 45.0. The van der Waals surface area contributed by atoms with Gasteiger partial charge in [0.1, 0.15) is 0 Å². The molecule has 2 heterocycles. The molecule has 2 aromatic carbocycles. The summed E-state index contributed by atoms with van der Waals surface area (Å²) in [5.41, 5.74) is 1.66. The number of piperazine rings is 1. The number of amides is 1. The maximum Gasteiger partial charge on any atom is 0.328 e. The van der Waals surface area contributed by atoms with Gasteiger partial charge in [-0.15, -0.1) is 0 Å². The molecular weight excluding hydrogens is 472 g/mol. The molecule has 1 amide bonds. The predicted octanol–water partition coefficient (Wildman–Crippen LogP) is 2.80. The van der Waals surface area contributed by atoms with Crippen molar-refractivity contribution in [3.05, 3.63) is 61.8 Å². The van der Waals surface area contributed by atoms with Gasteiger partial charge in [0.15, 0.2) is 11.5 Å². The maximum absolute atomic E-state index is 13.0. The van der Waals surface area contributed by atoms with Crippen LogP contribution in [0.1, 0.15) is 18.4 Å². The van der Waals surface area contributed by atoms with Gasteiger partial charge in [0, 0.05) is 55.9 Å². The Bertz CT molecular complexity index is 1360. The number of carbonyl (C=O) groups is 1. The minimum atomic E-state index is -0.521. The molecule has 0 radical (unpaired) electrons. The van der Waals surface area contributed by atoms with Crippen molar-refractivity contribution in [1.29, 1.82) is 0 Å². The SMILES string of the molecule is COc1cc2[nH]c(=O)n(CCCC(=O)N3CCN(c4cc(Cl)ccc4C)CC3)c(=O)c2cc1OC. The molecule has 10 heteroatoms. The predicted molar refractivity (Wildman–Crippen MR) is 136 cm³/mol. The highest BCUT2D eigenvalue weighted by molar-refractivity contribution is 6.30. The van der Waals surface area contributed by atoms with Crippen molar-refractivity contribution in [3.63, 3.8) is 0 Å². The van der Waals surface area contributed by atoms with Crippen molar-refractivity contribution in [2.45, 2.75) is 26.3 Å². The smallest absolute Gasteiger partial charge is 0.328 e. The topological polar surface area (TPSA) is 96.9 Å². The lowest BCUT2D eigenvalue weighted by Gasteiger charge is -2.37. The van der Waals surface area contributed by atoms with Crippen molar-refractivity contribution in [2.24, 2.45) is 0 Å². The van der Waals surface area contributed by atoms with Gasteiger partial charge in [0.25, 0.3) is 5.56 Å². The van der Waals surface area contributed by atoms with Gasteiger partial charge in [-0.05, 0) is 37.1 Å². The first-order chi connectivity index (χ1) is 16.8. The van der Waals surface area contributed by atoms with Crippen molar-refractivity contribution in [1.82, 2.24) is 14.5 Å². The molecule has 0 saturated carbocycles. The normalized spacial score (nSPS) is 13.8. The molecule has 0 spiro atoms. The summed E-state index contributed by atoms with van der Waals surface area (Å²) in [5, 5.41) is 1.02. The van der Waals surface area contributed by atoms with E-state index in [-0.39, 0.29) is 18.9 Å². The molecule has 3 aromatic rings. The standard InChI is InChI=1S/C25H29ClN4O5/c1-16-6-7-17(26)13-20(16)28-9-11-29(12-10-28)23(31)5-4-8-30-24(32)18-14-21(34-2)22(35-3)15-19(18)27-25(30)33/h6-7,13-15H,4-5,8-12H2,1-3H3,(H,27,33). The summed E-state index contributed by atoms with van der Waals surface area (Å²) >= 11 is 6.15. The summed E-state index contributed by atoms with van der Waals surface area (Å²) in [6, 6.07) is 8.95. The molecular formula is C25H29ClN4O5. The van der Waals surface area contributed by atoms with Gasteiger partial charge in [0.05, 0.1) is 25.1 Å². The van der Waals surface area contributed by atoms with Gasteiger partial charge in [-0.3, -0.25) is 14.2 Å². The fraction of sp³-hybridized carbons (Fsp3) is 0.400. The molecule has 35 heavy (non-hydrogen) atoms. The Morgan fingerprint density at radius 1 is 1.03 bits per heavy atom. The van der Waals surface area contributed by atoms with Crippen LogP contribution < -0.4 is 25.6 Å². The van der Waals surface area contributed by atoms with E-state index in [0.717, 1.165) is 28.9 Å². The molecule has 1 aliphatic heterocycles. The number of carbonyl (C=O) groups excluding carboxylic acids is 1. The van der Waals surface area contributed by atoms with E-state index in [9.17, 15) is 14.4 Å². The number of anilines is 1. The number of ether oxygens (including phenoxy) is 2. The highest BCUT2D eigenvalue weighted by Gasteiger charge is 2.22. The number of hydrogen-bond acceptors (Lipinski definition) is 6. The molecule has 1 saturated heterocycles. The first-order valence-electron chi connectivity index (χ1n) is 11.5. The summed E-state index contributed by atoms with van der Waals surface area (Å²) in [5.74, 6) is 0.839. The van der Waals surface area contributed by atoms with E-state index < -0.39 is 11.2 Å². The number of fused-ring (bicyclic) bond motifs is 1. The van der Waals surface area contributed by atoms with E-state index in [0.29, 0.717) is 46.9 Å². The fourth-order valence-electron chi connectivity index (χ4n) is 4.45. The molecule has 0 unspecified atom stereocenters. The zero-order valence-electron chi connectivity index (χ0n) is 20.1. The average molecular weight is 501 g/mol. The molecule has 1 N–H and O–H groups in total. The second kappa shape index (κ2) is 10.4. The van der Waals surface area contributed by atoms with Crippen LogP contribution in [-0.2, 0) is 11.3 Å². The molecule has 4 rings (SSSR count). The van der Waals surface area contributed by atoms with E-state index >= 15 is 0 Å². The van der Waals surface area contributed by atoms with Crippen LogP contribution in [0.15, 0.2) is 39.9 Å². The number of hydrogen-bond donors (Lipinski definition) is 1. The summed E-state index contributed by atoms with van der Waals surface area (Å²) in [7, 11) is 2.97. The molecule has 1 aromatic heterocycles. The van der Waals surface area contributed by atoms with Crippen LogP contribution in [0.3, 0.4) is 0 Å². The number of nitrogens with one attached hydrogen (secondary N) is 1. The fourth-order valence-corrected chi connectivity index (χ4v) is 4.62. The third kappa shape index (κ3) is 5.14. The van der Waals surface area contributed by atoms with Crippen molar-refractivity contribution in [2.75, 3.05) is 45.3 Å². The van der Waals surface area contributed by atoms with E-state index in [1.54, 1.807) is 12.1 Å². The monoisotopic (exact) mass is 500 g/mol. The first-order valence-corrected chi connectivity index (χ1v) is 11.9. The van der Waals surface area contributed by atoms with E-state index in [2.05, 4.69) is 9.88 Å².